The number of rotatable bonds is 5. The largest absolute Gasteiger partial charge is 0.455 e. The molecular formula is C51H30N4OS. The van der Waals surface area contributed by atoms with Crippen LogP contribution in [0.3, 0.4) is 0 Å². The van der Waals surface area contributed by atoms with Gasteiger partial charge in [0.25, 0.3) is 0 Å². The third-order valence-corrected chi connectivity index (χ3v) is 12.3. The van der Waals surface area contributed by atoms with Gasteiger partial charge in [-0.2, -0.15) is 0 Å². The first-order valence-corrected chi connectivity index (χ1v) is 19.8. The summed E-state index contributed by atoms with van der Waals surface area (Å²) in [5, 5.41) is 7.09. The minimum Gasteiger partial charge on any atom is -0.455 e. The smallest absolute Gasteiger partial charge is 0.167 e. The van der Waals surface area contributed by atoms with E-state index in [4.69, 9.17) is 19.4 Å². The van der Waals surface area contributed by atoms with Crippen molar-refractivity contribution in [2.75, 3.05) is 0 Å². The first-order valence-electron chi connectivity index (χ1n) is 19.0. The lowest BCUT2D eigenvalue weighted by molar-refractivity contribution is 0.669. The van der Waals surface area contributed by atoms with Crippen LogP contribution in [0.5, 0.6) is 0 Å². The molecular weight excluding hydrogens is 717 g/mol. The highest BCUT2D eigenvalue weighted by Gasteiger charge is 2.21. The van der Waals surface area contributed by atoms with Crippen molar-refractivity contribution < 1.29 is 4.42 Å². The number of hydrogen-bond donors (Lipinski definition) is 0. The zero-order valence-corrected chi connectivity index (χ0v) is 31.2. The second-order valence-corrected chi connectivity index (χ2v) is 15.4. The van der Waals surface area contributed by atoms with Gasteiger partial charge >= 0.3 is 0 Å². The van der Waals surface area contributed by atoms with Gasteiger partial charge in [0, 0.05) is 48.1 Å². The van der Waals surface area contributed by atoms with E-state index in [1.807, 2.05) is 78.1 Å². The molecule has 5 nitrogen and oxygen atoms in total. The average molecular weight is 747 g/mol. The van der Waals surface area contributed by atoms with Crippen LogP contribution in [0.2, 0.25) is 0 Å². The molecule has 0 atom stereocenters. The monoisotopic (exact) mass is 746 g/mol. The van der Waals surface area contributed by atoms with E-state index in [9.17, 15) is 0 Å². The van der Waals surface area contributed by atoms with Crippen molar-refractivity contribution in [1.82, 2.24) is 19.5 Å². The Bertz CT molecular complexity index is 3420. The molecule has 266 valence electrons. The summed E-state index contributed by atoms with van der Waals surface area (Å²) in [6.07, 6.45) is 0. The summed E-state index contributed by atoms with van der Waals surface area (Å²) in [6, 6.07) is 63.7. The van der Waals surface area contributed by atoms with Gasteiger partial charge < -0.3 is 8.98 Å². The molecule has 0 saturated carbocycles. The van der Waals surface area contributed by atoms with Crippen LogP contribution >= 0.6 is 11.3 Å². The molecule has 57 heavy (non-hydrogen) atoms. The lowest BCUT2D eigenvalue weighted by Gasteiger charge is -2.09. The topological polar surface area (TPSA) is 56.7 Å². The standard InChI is InChI=1S/C51H30N4OS/c1-3-14-31(15-4-1)49-52-50(32-16-5-2-6-17-32)54-51(53-49)40-23-11-21-38-37-29-28-33(30-44(37)56-47(38)40)34-20-13-27-45-46(34)39-22-12-26-43(48(39)57-45)55-41-24-9-7-18-35(41)36-19-8-10-25-42(36)55/h1-30H. The van der Waals surface area contributed by atoms with Crippen molar-refractivity contribution in [1.29, 1.82) is 0 Å². The molecule has 0 aliphatic heterocycles. The minimum absolute atomic E-state index is 0.571. The maximum Gasteiger partial charge on any atom is 0.167 e. The van der Waals surface area contributed by atoms with Crippen LogP contribution < -0.4 is 0 Å². The number of thiophene rings is 1. The number of hydrogen-bond acceptors (Lipinski definition) is 5. The molecule has 0 fully saturated rings. The summed E-state index contributed by atoms with van der Waals surface area (Å²) < 4.78 is 11.8. The Kier molecular flexibility index (Phi) is 7.03. The maximum absolute atomic E-state index is 6.82. The Morgan fingerprint density at radius 1 is 0.421 bits per heavy atom. The number of benzene rings is 8. The summed E-state index contributed by atoms with van der Waals surface area (Å²) in [5.41, 5.74) is 10.2. The SMILES string of the molecule is c1ccc(-c2nc(-c3ccccc3)nc(-c3cccc4c3oc3cc(-c5cccc6sc7c(-n8c9ccccc9c9ccccc98)cccc7c56)ccc34)n2)cc1. The molecule has 6 heteroatoms. The van der Waals surface area contributed by atoms with Crippen LogP contribution in [0.4, 0.5) is 0 Å². The molecule has 0 saturated heterocycles. The zero-order valence-electron chi connectivity index (χ0n) is 30.4. The highest BCUT2D eigenvalue weighted by molar-refractivity contribution is 7.26. The van der Waals surface area contributed by atoms with E-state index in [1.54, 1.807) is 0 Å². The molecule has 0 N–H and O–H groups in total. The van der Waals surface area contributed by atoms with Crippen LogP contribution in [0.1, 0.15) is 0 Å². The molecule has 0 spiro atoms. The quantitative estimate of drug-likeness (QED) is 0.176. The van der Waals surface area contributed by atoms with Gasteiger partial charge in [-0.1, -0.05) is 140 Å². The molecule has 0 bridgehead atoms. The van der Waals surface area contributed by atoms with Gasteiger partial charge in [-0.3, -0.25) is 0 Å². The normalized spacial score (nSPS) is 11.9. The first kappa shape index (κ1) is 31.9. The fraction of sp³-hybridized carbons (Fsp3) is 0. The Morgan fingerprint density at radius 3 is 1.72 bits per heavy atom. The molecule has 4 heterocycles. The molecule has 0 radical (unpaired) electrons. The van der Waals surface area contributed by atoms with Crippen molar-refractivity contribution >= 4 is 75.3 Å². The van der Waals surface area contributed by atoms with E-state index in [0.29, 0.717) is 17.5 Å². The van der Waals surface area contributed by atoms with Crippen LogP contribution in [0.25, 0.3) is 115 Å². The summed E-state index contributed by atoms with van der Waals surface area (Å²) in [6.45, 7) is 0. The summed E-state index contributed by atoms with van der Waals surface area (Å²) in [5.74, 6) is 1.81. The van der Waals surface area contributed by atoms with E-state index in [2.05, 4.69) is 120 Å². The lowest BCUT2D eigenvalue weighted by Crippen LogP contribution is -2.00. The average Bonchev–Trinajstić information content (AvgIpc) is 3.96. The van der Waals surface area contributed by atoms with E-state index in [-0.39, 0.29) is 0 Å². The summed E-state index contributed by atoms with van der Waals surface area (Å²) in [7, 11) is 0. The lowest BCUT2D eigenvalue weighted by atomic mass is 9.98. The Hall–Kier alpha value is -7.41. The third-order valence-electron chi connectivity index (χ3n) is 11.1. The molecule has 4 aromatic heterocycles. The first-order chi connectivity index (χ1) is 28.3. The molecule has 0 aliphatic carbocycles. The fourth-order valence-electron chi connectivity index (χ4n) is 8.50. The van der Waals surface area contributed by atoms with Crippen molar-refractivity contribution in [3.63, 3.8) is 0 Å². The van der Waals surface area contributed by atoms with Gasteiger partial charge in [-0.25, -0.2) is 15.0 Å². The Morgan fingerprint density at radius 2 is 1.00 bits per heavy atom. The molecule has 12 aromatic rings. The van der Waals surface area contributed by atoms with E-state index in [1.165, 1.54) is 53.2 Å². The number of para-hydroxylation sites is 3. The highest BCUT2D eigenvalue weighted by Crippen LogP contribution is 2.45. The van der Waals surface area contributed by atoms with Gasteiger partial charge in [-0.15, -0.1) is 11.3 Å². The van der Waals surface area contributed by atoms with Crippen molar-refractivity contribution in [2.45, 2.75) is 0 Å². The van der Waals surface area contributed by atoms with Gasteiger partial charge in [0.2, 0.25) is 0 Å². The van der Waals surface area contributed by atoms with Crippen molar-refractivity contribution in [3.05, 3.63) is 182 Å². The summed E-state index contributed by atoms with van der Waals surface area (Å²) in [4.78, 5) is 14.9. The zero-order chi connectivity index (χ0) is 37.5. The highest BCUT2D eigenvalue weighted by atomic mass is 32.1. The van der Waals surface area contributed by atoms with Crippen LogP contribution in [0.15, 0.2) is 186 Å². The Labute approximate surface area is 330 Å². The van der Waals surface area contributed by atoms with E-state index in [0.717, 1.165) is 44.2 Å². The minimum atomic E-state index is 0.571. The molecule has 0 aliphatic rings. The van der Waals surface area contributed by atoms with Crippen molar-refractivity contribution in [3.8, 4) is 51.0 Å². The van der Waals surface area contributed by atoms with Crippen molar-refractivity contribution in [2.24, 2.45) is 0 Å². The van der Waals surface area contributed by atoms with E-state index >= 15 is 0 Å². The fourth-order valence-corrected chi connectivity index (χ4v) is 9.74. The molecule has 8 aromatic carbocycles. The third kappa shape index (κ3) is 4.98. The molecule has 0 unspecified atom stereocenters. The Balaban J connectivity index is 1.02. The number of furan rings is 1. The van der Waals surface area contributed by atoms with Gasteiger partial charge in [0.1, 0.15) is 11.2 Å². The second-order valence-electron chi connectivity index (χ2n) is 14.3. The predicted octanol–water partition coefficient (Wildman–Crippen LogP) is 13.9. The number of fused-ring (bicyclic) bond motifs is 9. The van der Waals surface area contributed by atoms with Crippen LogP contribution in [-0.2, 0) is 0 Å². The number of aromatic nitrogens is 4. The van der Waals surface area contributed by atoms with Gasteiger partial charge in [0.05, 0.1) is 27.0 Å². The van der Waals surface area contributed by atoms with Gasteiger partial charge in [0.15, 0.2) is 17.5 Å². The van der Waals surface area contributed by atoms with Crippen LogP contribution in [-0.4, -0.2) is 19.5 Å². The van der Waals surface area contributed by atoms with Crippen LogP contribution in [0, 0.1) is 0 Å². The maximum atomic E-state index is 6.82. The summed E-state index contributed by atoms with van der Waals surface area (Å²) >= 11 is 1.86. The predicted molar refractivity (Wildman–Crippen MR) is 236 cm³/mol. The van der Waals surface area contributed by atoms with E-state index < -0.39 is 0 Å². The number of nitrogens with zero attached hydrogens (tertiary/aromatic N) is 4. The second kappa shape index (κ2) is 12.6. The van der Waals surface area contributed by atoms with Gasteiger partial charge in [-0.05, 0) is 53.6 Å². The molecule has 12 rings (SSSR count). The molecule has 0 amide bonds.